The average Bonchev–Trinajstić information content (AvgIpc) is 2.69. The van der Waals surface area contributed by atoms with E-state index in [1.807, 2.05) is 39.8 Å². The van der Waals surface area contributed by atoms with Crippen molar-refractivity contribution in [3.05, 3.63) is 58.7 Å². The van der Waals surface area contributed by atoms with Gasteiger partial charge in [0.1, 0.15) is 11.8 Å². The van der Waals surface area contributed by atoms with E-state index in [1.165, 1.54) is 4.31 Å². The highest BCUT2D eigenvalue weighted by molar-refractivity contribution is 7.92. The molecule has 7 heteroatoms. The van der Waals surface area contributed by atoms with Gasteiger partial charge in [-0.05, 0) is 79.6 Å². The molecule has 0 unspecified atom stereocenters. The number of amides is 1. The van der Waals surface area contributed by atoms with E-state index >= 15 is 0 Å². The van der Waals surface area contributed by atoms with E-state index < -0.39 is 16.1 Å². The molecule has 0 aromatic heterocycles. The van der Waals surface area contributed by atoms with Crippen LogP contribution in [-0.4, -0.2) is 33.7 Å². The highest BCUT2D eigenvalue weighted by atomic mass is 32.2. The van der Waals surface area contributed by atoms with Gasteiger partial charge >= 0.3 is 0 Å². The van der Waals surface area contributed by atoms with Gasteiger partial charge in [0, 0.05) is 0 Å². The molecule has 0 radical (unpaired) electrons. The summed E-state index contributed by atoms with van der Waals surface area (Å²) >= 11 is 0. The maximum Gasteiger partial charge on any atom is 0.244 e. The lowest BCUT2D eigenvalue weighted by molar-refractivity contribution is -0.122. The van der Waals surface area contributed by atoms with Gasteiger partial charge in [0.2, 0.25) is 15.9 Å². The Morgan fingerprint density at radius 1 is 1.09 bits per heavy atom. The summed E-state index contributed by atoms with van der Waals surface area (Å²) in [6.07, 6.45) is 1.48. The number of aryl methyl sites for hydroxylation is 2. The molecule has 2 atom stereocenters. The predicted octanol–water partition coefficient (Wildman–Crippen LogP) is 4.86. The second kappa shape index (κ2) is 10.4. The Morgan fingerprint density at radius 2 is 1.75 bits per heavy atom. The second-order valence-electron chi connectivity index (χ2n) is 8.66. The first-order chi connectivity index (χ1) is 14.9. The third-order valence-corrected chi connectivity index (χ3v) is 6.83. The van der Waals surface area contributed by atoms with Crippen LogP contribution in [-0.2, 0) is 14.8 Å². The molecule has 0 aliphatic carbocycles. The maximum atomic E-state index is 13.3. The first-order valence-electron chi connectivity index (χ1n) is 11.0. The van der Waals surface area contributed by atoms with Crippen LogP contribution in [0.25, 0.3) is 0 Å². The zero-order valence-corrected chi connectivity index (χ0v) is 21.2. The van der Waals surface area contributed by atoms with Crippen molar-refractivity contribution < 1.29 is 17.9 Å². The second-order valence-corrected chi connectivity index (χ2v) is 10.5. The molecule has 0 aliphatic rings. The normalized spacial score (nSPS) is 13.5. The number of sulfonamides is 1. The summed E-state index contributed by atoms with van der Waals surface area (Å²) in [5, 5.41) is 3.04. The monoisotopic (exact) mass is 460 g/mol. The predicted molar refractivity (Wildman–Crippen MR) is 131 cm³/mol. The van der Waals surface area contributed by atoms with Crippen molar-refractivity contribution in [3.63, 3.8) is 0 Å². The molecule has 0 saturated carbocycles. The highest BCUT2D eigenvalue weighted by Gasteiger charge is 2.32. The third-order valence-electron chi connectivity index (χ3n) is 5.65. The fraction of sp³-hybridized carbons (Fsp3) is 0.480. The number of methoxy groups -OCH3 is 1. The molecule has 32 heavy (non-hydrogen) atoms. The number of anilines is 1. The van der Waals surface area contributed by atoms with Gasteiger partial charge < -0.3 is 10.1 Å². The molecule has 1 amide bonds. The molecule has 2 aromatic carbocycles. The van der Waals surface area contributed by atoms with Gasteiger partial charge in [0.25, 0.3) is 0 Å². The number of carbonyl (C=O) groups excluding carboxylic acids is 1. The topological polar surface area (TPSA) is 75.7 Å². The van der Waals surface area contributed by atoms with Crippen molar-refractivity contribution >= 4 is 21.6 Å². The number of hydrogen-bond donors (Lipinski definition) is 1. The minimum atomic E-state index is -3.67. The molecular weight excluding hydrogens is 424 g/mol. The van der Waals surface area contributed by atoms with Crippen molar-refractivity contribution in [2.75, 3.05) is 17.7 Å². The van der Waals surface area contributed by atoms with Crippen LogP contribution in [0, 0.1) is 13.8 Å². The average molecular weight is 461 g/mol. The van der Waals surface area contributed by atoms with E-state index in [0.717, 1.165) is 34.3 Å². The third kappa shape index (κ3) is 5.82. The van der Waals surface area contributed by atoms with Gasteiger partial charge in [-0.1, -0.05) is 32.9 Å². The molecular formula is C25H36N2O4S. The Bertz CT molecular complexity index is 1060. The lowest BCUT2D eigenvalue weighted by atomic mass is 9.93. The van der Waals surface area contributed by atoms with E-state index in [2.05, 4.69) is 25.2 Å². The first-order valence-corrected chi connectivity index (χ1v) is 12.8. The Hall–Kier alpha value is -2.54. The van der Waals surface area contributed by atoms with Crippen LogP contribution in [0.4, 0.5) is 5.69 Å². The van der Waals surface area contributed by atoms with Crippen LogP contribution in [0.3, 0.4) is 0 Å². The summed E-state index contributed by atoms with van der Waals surface area (Å²) in [7, 11) is -2.02. The van der Waals surface area contributed by atoms with Crippen molar-refractivity contribution in [1.29, 1.82) is 0 Å². The summed E-state index contributed by atoms with van der Waals surface area (Å²) < 4.78 is 32.1. The van der Waals surface area contributed by atoms with Gasteiger partial charge in [-0.2, -0.15) is 0 Å². The zero-order valence-electron chi connectivity index (χ0n) is 20.4. The van der Waals surface area contributed by atoms with Crippen LogP contribution in [0.2, 0.25) is 0 Å². The summed E-state index contributed by atoms with van der Waals surface area (Å²) in [6, 6.07) is 10.1. The van der Waals surface area contributed by atoms with E-state index in [9.17, 15) is 13.2 Å². The molecule has 2 rings (SSSR count). The fourth-order valence-corrected chi connectivity index (χ4v) is 5.23. The number of hydrogen-bond acceptors (Lipinski definition) is 4. The van der Waals surface area contributed by atoms with Gasteiger partial charge in [-0.25, -0.2) is 8.42 Å². The molecule has 176 valence electrons. The quantitative estimate of drug-likeness (QED) is 0.580. The minimum absolute atomic E-state index is 0.262. The van der Waals surface area contributed by atoms with E-state index in [0.29, 0.717) is 12.1 Å². The van der Waals surface area contributed by atoms with Crippen LogP contribution in [0.1, 0.15) is 68.3 Å². The molecule has 0 bridgehead atoms. The van der Waals surface area contributed by atoms with Gasteiger partial charge in [0.15, 0.2) is 0 Å². The Kier molecular flexibility index (Phi) is 8.35. The fourth-order valence-electron chi connectivity index (χ4n) is 4.02. The highest BCUT2D eigenvalue weighted by Crippen LogP contribution is 2.32. The molecule has 0 spiro atoms. The molecule has 1 N–H and O–H groups in total. The van der Waals surface area contributed by atoms with Crippen molar-refractivity contribution in [1.82, 2.24) is 5.32 Å². The zero-order chi connectivity index (χ0) is 24.2. The number of carbonyl (C=O) groups is 1. The summed E-state index contributed by atoms with van der Waals surface area (Å²) in [5.74, 6) is 0.764. The number of nitrogens with zero attached hydrogens (tertiary/aromatic N) is 1. The number of rotatable bonds is 9. The lowest BCUT2D eigenvalue weighted by Gasteiger charge is -2.31. The van der Waals surface area contributed by atoms with Gasteiger partial charge in [-0.15, -0.1) is 0 Å². The smallest absolute Gasteiger partial charge is 0.244 e. The van der Waals surface area contributed by atoms with E-state index in [4.69, 9.17) is 4.74 Å². The van der Waals surface area contributed by atoms with Crippen LogP contribution >= 0.6 is 0 Å². The standard InChI is InChI=1S/C25H36N2O4S/c1-9-23(27(32(8,29)30)20-12-10-11-17(4)13-20)25(28)26-19(6)22-15-21(16(2)3)24(31-7)14-18(22)5/h10-16,19,23H,9H2,1-8H3,(H,26,28)/t19-,23+/m1/s1. The van der Waals surface area contributed by atoms with Crippen LogP contribution in [0.5, 0.6) is 5.75 Å². The molecule has 6 nitrogen and oxygen atoms in total. The van der Waals surface area contributed by atoms with Gasteiger partial charge in [-0.3, -0.25) is 9.10 Å². The molecule has 0 aliphatic heterocycles. The molecule has 0 saturated heterocycles. The Morgan fingerprint density at radius 3 is 2.25 bits per heavy atom. The molecule has 0 fully saturated rings. The van der Waals surface area contributed by atoms with E-state index in [1.54, 1.807) is 25.3 Å². The van der Waals surface area contributed by atoms with Crippen LogP contribution in [0.15, 0.2) is 36.4 Å². The van der Waals surface area contributed by atoms with Crippen molar-refractivity contribution in [2.45, 2.75) is 66.0 Å². The van der Waals surface area contributed by atoms with Crippen LogP contribution < -0.4 is 14.4 Å². The summed E-state index contributed by atoms with van der Waals surface area (Å²) in [6.45, 7) is 11.8. The number of benzene rings is 2. The molecule has 2 aromatic rings. The maximum absolute atomic E-state index is 13.3. The lowest BCUT2D eigenvalue weighted by Crippen LogP contribution is -2.49. The van der Waals surface area contributed by atoms with Crippen molar-refractivity contribution in [3.8, 4) is 5.75 Å². The van der Waals surface area contributed by atoms with E-state index in [-0.39, 0.29) is 17.9 Å². The Balaban J connectivity index is 2.39. The van der Waals surface area contributed by atoms with Gasteiger partial charge in [0.05, 0.1) is 25.1 Å². The summed E-state index contributed by atoms with van der Waals surface area (Å²) in [5.41, 5.74) is 4.48. The number of nitrogens with one attached hydrogen (secondary N) is 1. The largest absolute Gasteiger partial charge is 0.496 e. The first kappa shape index (κ1) is 25.7. The molecule has 0 heterocycles. The Labute approximate surface area is 193 Å². The SMILES string of the molecule is CC[C@@H](C(=O)N[C@H](C)c1cc(C(C)C)c(OC)cc1C)N(c1cccc(C)c1)S(C)(=O)=O. The summed E-state index contributed by atoms with van der Waals surface area (Å²) in [4.78, 5) is 13.3. The van der Waals surface area contributed by atoms with Crippen molar-refractivity contribution in [2.24, 2.45) is 0 Å². The number of ether oxygens (including phenoxy) is 1. The minimum Gasteiger partial charge on any atom is -0.496 e.